The van der Waals surface area contributed by atoms with Crippen molar-refractivity contribution in [3.05, 3.63) is 40.8 Å². The van der Waals surface area contributed by atoms with Gasteiger partial charge in [-0.2, -0.15) is 0 Å². The Morgan fingerprint density at radius 1 is 1.18 bits per heavy atom. The minimum absolute atomic E-state index is 0.0407. The summed E-state index contributed by atoms with van der Waals surface area (Å²) in [6, 6.07) is 1.44. The molecule has 1 fully saturated rings. The second kappa shape index (κ2) is 16.3. The van der Waals surface area contributed by atoms with Gasteiger partial charge in [0, 0.05) is 44.9 Å². The van der Waals surface area contributed by atoms with Crippen molar-refractivity contribution < 1.29 is 38.6 Å². The van der Waals surface area contributed by atoms with E-state index in [1.54, 1.807) is 11.8 Å². The van der Waals surface area contributed by atoms with Gasteiger partial charge in [-0.25, -0.2) is 9.59 Å². The Morgan fingerprint density at radius 2 is 1.95 bits per heavy atom. The Balaban J connectivity index is 2.01. The van der Waals surface area contributed by atoms with E-state index in [1.165, 1.54) is 30.5 Å². The molecule has 1 atom stereocenters. The van der Waals surface area contributed by atoms with E-state index >= 15 is 0 Å². The number of carbonyl (C=O) groups is 6. The molecular weight excluding hydrogens is 528 g/mol. The van der Waals surface area contributed by atoms with Crippen molar-refractivity contribution in [1.29, 1.82) is 0 Å². The maximum Gasteiger partial charge on any atom is 0.330 e. The van der Waals surface area contributed by atoms with Crippen LogP contribution in [-0.4, -0.2) is 89.1 Å². The van der Waals surface area contributed by atoms with E-state index in [4.69, 9.17) is 9.84 Å². The fourth-order valence-corrected chi connectivity index (χ4v) is 3.63. The second-order valence-electron chi connectivity index (χ2n) is 8.66. The van der Waals surface area contributed by atoms with Crippen LogP contribution >= 0.6 is 0 Å². The predicted molar refractivity (Wildman–Crippen MR) is 141 cm³/mol. The lowest BCUT2D eigenvalue weighted by atomic mass is 10.1. The number of hydrogen-bond donors (Lipinski definition) is 5. The summed E-state index contributed by atoms with van der Waals surface area (Å²) in [7, 11) is 0. The molecule has 15 nitrogen and oxygen atoms in total. The third-order valence-corrected chi connectivity index (χ3v) is 5.62. The maximum atomic E-state index is 13.0. The molecule has 1 aliphatic rings. The Labute approximate surface area is 229 Å². The molecule has 1 saturated heterocycles. The largest absolute Gasteiger partial charge is 0.481 e. The zero-order chi connectivity index (χ0) is 29.5. The molecule has 0 saturated carbocycles. The van der Waals surface area contributed by atoms with E-state index in [-0.39, 0.29) is 50.7 Å². The van der Waals surface area contributed by atoms with Gasteiger partial charge in [-0.15, -0.1) is 0 Å². The van der Waals surface area contributed by atoms with Crippen LogP contribution in [0.15, 0.2) is 35.3 Å². The molecule has 0 radical (unpaired) electrons. The first-order chi connectivity index (χ1) is 19.1. The average Bonchev–Trinajstić information content (AvgIpc) is 3.31. The minimum atomic E-state index is -1.18. The monoisotopic (exact) mass is 562 g/mol. The number of esters is 1. The Morgan fingerprint density at radius 3 is 2.62 bits per heavy atom. The molecular formula is C25H34N6O9. The highest BCUT2D eigenvalue weighted by Gasteiger charge is 2.22. The molecule has 218 valence electrons. The molecule has 1 aliphatic heterocycles. The van der Waals surface area contributed by atoms with Gasteiger partial charge in [0.25, 0.3) is 5.56 Å². The SMILES string of the molecule is CCOC(=O)/C=C/CC[C@H](NC(=O)CCC(=O)O)C(=O)Nc1cccn(CC(=O)NCCN2CCNC2=O)c1=O. The number of nitrogens with one attached hydrogen (secondary N) is 4. The highest BCUT2D eigenvalue weighted by molar-refractivity contribution is 5.97. The number of anilines is 1. The summed E-state index contributed by atoms with van der Waals surface area (Å²) < 4.78 is 5.87. The lowest BCUT2D eigenvalue weighted by Crippen LogP contribution is -2.44. The number of carbonyl (C=O) groups excluding carboxylic acids is 5. The first-order valence-electron chi connectivity index (χ1n) is 12.7. The molecule has 40 heavy (non-hydrogen) atoms. The molecule has 2 rings (SSSR count). The topological polar surface area (TPSA) is 205 Å². The van der Waals surface area contributed by atoms with Crippen LogP contribution in [0.2, 0.25) is 0 Å². The number of carboxylic acid groups (broad SMARTS) is 1. The third kappa shape index (κ3) is 11.0. The quantitative estimate of drug-likeness (QED) is 0.126. The Bertz CT molecular complexity index is 1180. The van der Waals surface area contributed by atoms with Gasteiger partial charge in [-0.3, -0.25) is 24.0 Å². The number of aromatic nitrogens is 1. The number of ether oxygens (including phenoxy) is 1. The Hall–Kier alpha value is -4.69. The number of carboxylic acids is 1. The summed E-state index contributed by atoms with van der Waals surface area (Å²) in [6.07, 6.45) is 3.47. The lowest BCUT2D eigenvalue weighted by Gasteiger charge is -2.18. The zero-order valence-corrected chi connectivity index (χ0v) is 22.1. The standard InChI is InChI=1S/C25H34N6O9/c1-2-40-22(36)8-4-3-6-17(28-19(32)9-10-21(34)35)23(37)29-18-7-5-13-31(24(18)38)16-20(33)26-11-14-30-15-12-27-25(30)39/h4-5,7-8,13,17H,2-3,6,9-12,14-16H2,1H3,(H,26,33)(H,27,39)(H,28,32)(H,29,37)(H,34,35)/b8-4+/t17-/m0/s1. The summed E-state index contributed by atoms with van der Waals surface area (Å²) in [5.74, 6) is -3.63. The van der Waals surface area contributed by atoms with Crippen LogP contribution in [0.4, 0.5) is 10.5 Å². The van der Waals surface area contributed by atoms with E-state index in [9.17, 15) is 33.6 Å². The van der Waals surface area contributed by atoms with Gasteiger partial charge < -0.3 is 40.6 Å². The van der Waals surface area contributed by atoms with Crippen LogP contribution in [0.5, 0.6) is 0 Å². The van der Waals surface area contributed by atoms with Crippen LogP contribution in [0, 0.1) is 0 Å². The van der Waals surface area contributed by atoms with E-state index in [1.807, 2.05) is 0 Å². The normalized spacial score (nSPS) is 13.4. The third-order valence-electron chi connectivity index (χ3n) is 5.62. The van der Waals surface area contributed by atoms with Crippen molar-refractivity contribution in [2.24, 2.45) is 0 Å². The fourth-order valence-electron chi connectivity index (χ4n) is 3.63. The van der Waals surface area contributed by atoms with E-state index in [0.717, 1.165) is 4.57 Å². The number of amides is 5. The molecule has 2 heterocycles. The molecule has 0 spiro atoms. The highest BCUT2D eigenvalue weighted by atomic mass is 16.5. The number of rotatable bonds is 16. The average molecular weight is 563 g/mol. The molecule has 15 heteroatoms. The van der Waals surface area contributed by atoms with Gasteiger partial charge in [0.05, 0.1) is 13.0 Å². The van der Waals surface area contributed by atoms with Gasteiger partial charge in [0.15, 0.2) is 0 Å². The molecule has 1 aromatic rings. The van der Waals surface area contributed by atoms with Crippen LogP contribution in [0.1, 0.15) is 32.6 Å². The first-order valence-corrected chi connectivity index (χ1v) is 12.7. The number of urea groups is 1. The van der Waals surface area contributed by atoms with Crippen molar-refractivity contribution >= 4 is 41.4 Å². The maximum absolute atomic E-state index is 13.0. The smallest absolute Gasteiger partial charge is 0.330 e. The summed E-state index contributed by atoms with van der Waals surface area (Å²) in [5.41, 5.74) is -0.802. The number of hydrogen-bond acceptors (Lipinski definition) is 8. The van der Waals surface area contributed by atoms with Crippen LogP contribution in [-0.2, 0) is 35.3 Å². The van der Waals surface area contributed by atoms with Crippen molar-refractivity contribution in [3.63, 3.8) is 0 Å². The van der Waals surface area contributed by atoms with Gasteiger partial charge in [0.2, 0.25) is 17.7 Å². The number of pyridine rings is 1. The van der Waals surface area contributed by atoms with Crippen molar-refractivity contribution in [2.45, 2.75) is 45.2 Å². The summed E-state index contributed by atoms with van der Waals surface area (Å²) in [6.45, 7) is 3.11. The number of allylic oxidation sites excluding steroid dienone is 1. The molecule has 0 aromatic carbocycles. The number of nitrogens with zero attached hydrogens (tertiary/aromatic N) is 2. The van der Waals surface area contributed by atoms with E-state index < -0.39 is 47.7 Å². The van der Waals surface area contributed by atoms with Crippen molar-refractivity contribution in [2.75, 3.05) is 38.1 Å². The van der Waals surface area contributed by atoms with Crippen molar-refractivity contribution in [1.82, 2.24) is 25.4 Å². The van der Waals surface area contributed by atoms with E-state index in [2.05, 4.69) is 21.3 Å². The number of aliphatic carboxylic acids is 1. The fraction of sp³-hybridized carbons (Fsp3) is 0.480. The molecule has 1 aromatic heterocycles. The predicted octanol–water partition coefficient (Wildman–Crippen LogP) is -0.823. The van der Waals surface area contributed by atoms with E-state index in [0.29, 0.717) is 19.6 Å². The van der Waals surface area contributed by atoms with Gasteiger partial charge in [-0.05, 0) is 31.9 Å². The molecule has 0 unspecified atom stereocenters. The highest BCUT2D eigenvalue weighted by Crippen LogP contribution is 2.06. The minimum Gasteiger partial charge on any atom is -0.481 e. The van der Waals surface area contributed by atoms with Gasteiger partial charge in [-0.1, -0.05) is 6.08 Å². The van der Waals surface area contributed by atoms with Gasteiger partial charge >= 0.3 is 18.0 Å². The summed E-state index contributed by atoms with van der Waals surface area (Å²) >= 11 is 0. The second-order valence-corrected chi connectivity index (χ2v) is 8.66. The molecule has 5 N–H and O–H groups in total. The van der Waals surface area contributed by atoms with Crippen LogP contribution in [0.25, 0.3) is 0 Å². The van der Waals surface area contributed by atoms with Crippen molar-refractivity contribution in [3.8, 4) is 0 Å². The van der Waals surface area contributed by atoms with Crippen LogP contribution < -0.4 is 26.8 Å². The lowest BCUT2D eigenvalue weighted by molar-refractivity contribution is -0.139. The molecule has 0 aliphatic carbocycles. The molecule has 5 amide bonds. The molecule has 0 bridgehead atoms. The first kappa shape index (κ1) is 31.5. The summed E-state index contributed by atoms with van der Waals surface area (Å²) in [4.78, 5) is 85.7. The Kier molecular flexibility index (Phi) is 12.9. The van der Waals surface area contributed by atoms with Crippen LogP contribution in [0.3, 0.4) is 0 Å². The van der Waals surface area contributed by atoms with Gasteiger partial charge in [0.1, 0.15) is 18.3 Å². The zero-order valence-electron chi connectivity index (χ0n) is 22.1. The summed E-state index contributed by atoms with van der Waals surface area (Å²) in [5, 5.41) is 19.0.